The van der Waals surface area contributed by atoms with Gasteiger partial charge in [0.15, 0.2) is 0 Å². The number of hydrogen-bond donors (Lipinski definition) is 1. The summed E-state index contributed by atoms with van der Waals surface area (Å²) in [5.74, 6) is 1.90. The molecule has 0 bridgehead atoms. The van der Waals surface area contributed by atoms with E-state index in [-0.39, 0.29) is 16.9 Å². The first-order valence-corrected chi connectivity index (χ1v) is 7.45. The molecule has 0 heterocycles. The largest absolute Gasteiger partial charge is 0.393 e. The zero-order valence-corrected chi connectivity index (χ0v) is 12.3. The highest BCUT2D eigenvalue weighted by Crippen LogP contribution is 2.58. The lowest BCUT2D eigenvalue weighted by atomic mass is 9.49. The summed E-state index contributed by atoms with van der Waals surface area (Å²) in [7, 11) is 0. The van der Waals surface area contributed by atoms with Crippen molar-refractivity contribution in [2.75, 3.05) is 0 Å². The van der Waals surface area contributed by atoms with Gasteiger partial charge in [-0.2, -0.15) is 0 Å². The molecule has 2 aliphatic rings. The lowest BCUT2D eigenvalue weighted by Crippen LogP contribution is -2.52. The zero-order valence-electron chi connectivity index (χ0n) is 12.3. The Morgan fingerprint density at radius 1 is 1.28 bits per heavy atom. The van der Waals surface area contributed by atoms with E-state index < -0.39 is 0 Å². The smallest absolute Gasteiger partial charge is 0.126 e. The average molecular weight is 252 g/mol. The van der Waals surface area contributed by atoms with Gasteiger partial charge < -0.3 is 9.90 Å². The Balaban J connectivity index is 2.27. The number of aliphatic hydroxyl groups excluding tert-OH is 1. The van der Waals surface area contributed by atoms with Crippen molar-refractivity contribution < 1.29 is 9.90 Å². The third kappa shape index (κ3) is 2.24. The Bertz CT molecular complexity index is 325. The SMILES string of the molecule is CC(C)[C@@H]1CC[C@]2(C)CC(O)C[C@@](C)(C=O)[C@H]2C1. The topological polar surface area (TPSA) is 37.3 Å². The van der Waals surface area contributed by atoms with Gasteiger partial charge in [0, 0.05) is 5.41 Å². The Morgan fingerprint density at radius 3 is 2.50 bits per heavy atom. The minimum absolute atomic E-state index is 0.165. The van der Waals surface area contributed by atoms with Crippen LogP contribution in [0.2, 0.25) is 0 Å². The van der Waals surface area contributed by atoms with Crippen LogP contribution in [-0.2, 0) is 4.79 Å². The fourth-order valence-corrected chi connectivity index (χ4v) is 4.70. The molecule has 2 fully saturated rings. The van der Waals surface area contributed by atoms with Gasteiger partial charge in [0.1, 0.15) is 6.29 Å². The maximum absolute atomic E-state index is 11.6. The summed E-state index contributed by atoms with van der Waals surface area (Å²) in [6.07, 6.45) is 5.95. The summed E-state index contributed by atoms with van der Waals surface area (Å²) in [4.78, 5) is 11.6. The van der Waals surface area contributed by atoms with E-state index in [1.807, 2.05) is 0 Å². The van der Waals surface area contributed by atoms with Crippen LogP contribution in [0.4, 0.5) is 0 Å². The molecule has 0 spiro atoms. The molecule has 2 rings (SSSR count). The molecular weight excluding hydrogens is 224 g/mol. The molecule has 1 N–H and O–H groups in total. The summed E-state index contributed by atoms with van der Waals surface area (Å²) in [6.45, 7) is 8.94. The molecular formula is C16H28O2. The highest BCUT2D eigenvalue weighted by molar-refractivity contribution is 5.60. The Hall–Kier alpha value is -0.370. The molecule has 0 amide bonds. The van der Waals surface area contributed by atoms with Crippen molar-refractivity contribution in [3.63, 3.8) is 0 Å². The van der Waals surface area contributed by atoms with Crippen LogP contribution in [0.3, 0.4) is 0 Å². The minimum atomic E-state index is -0.319. The molecule has 2 aliphatic carbocycles. The first-order chi connectivity index (χ1) is 8.31. The van der Waals surface area contributed by atoms with Crippen LogP contribution >= 0.6 is 0 Å². The monoisotopic (exact) mass is 252 g/mol. The van der Waals surface area contributed by atoms with Gasteiger partial charge in [-0.05, 0) is 55.3 Å². The van der Waals surface area contributed by atoms with Crippen molar-refractivity contribution in [2.45, 2.75) is 65.9 Å². The number of aldehydes is 1. The fraction of sp³-hybridized carbons (Fsp3) is 0.938. The van der Waals surface area contributed by atoms with Crippen LogP contribution in [0.15, 0.2) is 0 Å². The van der Waals surface area contributed by atoms with Crippen molar-refractivity contribution in [2.24, 2.45) is 28.6 Å². The highest BCUT2D eigenvalue weighted by atomic mass is 16.3. The number of aliphatic hydroxyl groups is 1. The maximum atomic E-state index is 11.6. The lowest BCUT2D eigenvalue weighted by Gasteiger charge is -2.56. The van der Waals surface area contributed by atoms with Gasteiger partial charge in [0.05, 0.1) is 6.10 Å². The van der Waals surface area contributed by atoms with E-state index in [2.05, 4.69) is 27.7 Å². The fourth-order valence-electron chi connectivity index (χ4n) is 4.70. The van der Waals surface area contributed by atoms with Gasteiger partial charge in [-0.3, -0.25) is 0 Å². The molecule has 5 atom stereocenters. The maximum Gasteiger partial charge on any atom is 0.126 e. The summed E-state index contributed by atoms with van der Waals surface area (Å²) in [5, 5.41) is 10.1. The quantitative estimate of drug-likeness (QED) is 0.765. The van der Waals surface area contributed by atoms with Gasteiger partial charge in [0.25, 0.3) is 0 Å². The van der Waals surface area contributed by atoms with Crippen LogP contribution in [0.1, 0.15) is 59.8 Å². The summed E-state index contributed by atoms with van der Waals surface area (Å²) >= 11 is 0. The van der Waals surface area contributed by atoms with E-state index in [1.165, 1.54) is 12.8 Å². The van der Waals surface area contributed by atoms with Crippen LogP contribution < -0.4 is 0 Å². The third-order valence-electron chi connectivity index (χ3n) is 5.85. The molecule has 0 saturated heterocycles. The van der Waals surface area contributed by atoms with Gasteiger partial charge in [-0.1, -0.05) is 27.7 Å². The number of rotatable bonds is 2. The molecule has 2 saturated carbocycles. The summed E-state index contributed by atoms with van der Waals surface area (Å²) < 4.78 is 0. The van der Waals surface area contributed by atoms with Crippen molar-refractivity contribution in [1.82, 2.24) is 0 Å². The van der Waals surface area contributed by atoms with Crippen LogP contribution in [0.5, 0.6) is 0 Å². The van der Waals surface area contributed by atoms with Crippen LogP contribution in [0, 0.1) is 28.6 Å². The molecule has 0 aromatic carbocycles. The highest BCUT2D eigenvalue weighted by Gasteiger charge is 2.54. The molecule has 2 heteroatoms. The van der Waals surface area contributed by atoms with Crippen molar-refractivity contribution in [1.29, 1.82) is 0 Å². The second-order valence-corrected chi connectivity index (χ2v) is 7.67. The number of hydrogen-bond acceptors (Lipinski definition) is 2. The second kappa shape index (κ2) is 4.63. The Morgan fingerprint density at radius 2 is 1.94 bits per heavy atom. The van der Waals surface area contributed by atoms with E-state index >= 15 is 0 Å². The predicted octanol–water partition coefficient (Wildman–Crippen LogP) is 3.42. The van der Waals surface area contributed by atoms with Crippen molar-refractivity contribution in [3.05, 3.63) is 0 Å². The normalized spacial score (nSPS) is 48.9. The average Bonchev–Trinajstić information content (AvgIpc) is 2.27. The number of fused-ring (bicyclic) bond motifs is 1. The van der Waals surface area contributed by atoms with E-state index in [0.29, 0.717) is 18.3 Å². The van der Waals surface area contributed by atoms with Gasteiger partial charge in [-0.25, -0.2) is 0 Å². The lowest BCUT2D eigenvalue weighted by molar-refractivity contribution is -0.142. The molecule has 0 aliphatic heterocycles. The minimum Gasteiger partial charge on any atom is -0.393 e. The molecule has 18 heavy (non-hydrogen) atoms. The number of carbonyl (C=O) groups is 1. The molecule has 0 aromatic rings. The second-order valence-electron chi connectivity index (χ2n) is 7.67. The molecule has 0 aromatic heterocycles. The van der Waals surface area contributed by atoms with Crippen molar-refractivity contribution >= 4 is 6.29 Å². The van der Waals surface area contributed by atoms with Gasteiger partial charge in [0.2, 0.25) is 0 Å². The third-order valence-corrected chi connectivity index (χ3v) is 5.85. The molecule has 104 valence electrons. The summed E-state index contributed by atoms with van der Waals surface area (Å²) in [6, 6.07) is 0. The van der Waals surface area contributed by atoms with Gasteiger partial charge in [-0.15, -0.1) is 0 Å². The van der Waals surface area contributed by atoms with E-state index in [9.17, 15) is 9.90 Å². The first kappa shape index (κ1) is 14.0. The van der Waals surface area contributed by atoms with Gasteiger partial charge >= 0.3 is 0 Å². The Kier molecular flexibility index (Phi) is 3.61. The molecule has 1 unspecified atom stereocenters. The van der Waals surface area contributed by atoms with Crippen molar-refractivity contribution in [3.8, 4) is 0 Å². The zero-order chi connectivity index (χ0) is 13.6. The standard InChI is InChI=1S/C16H28O2/c1-11(2)12-5-6-15(3)8-13(18)9-16(4,10-17)14(15)7-12/h10-14,18H,5-9H2,1-4H3/t12-,13?,14+,15-,16+/m1/s1. The van der Waals surface area contributed by atoms with E-state index in [0.717, 1.165) is 25.0 Å². The summed E-state index contributed by atoms with van der Waals surface area (Å²) in [5.41, 5.74) is -0.154. The predicted molar refractivity (Wildman–Crippen MR) is 73.2 cm³/mol. The molecule has 0 radical (unpaired) electrons. The van der Waals surface area contributed by atoms with Crippen LogP contribution in [-0.4, -0.2) is 17.5 Å². The van der Waals surface area contributed by atoms with E-state index in [4.69, 9.17) is 0 Å². The van der Waals surface area contributed by atoms with Crippen LogP contribution in [0.25, 0.3) is 0 Å². The number of carbonyl (C=O) groups excluding carboxylic acids is 1. The Labute approximate surface area is 111 Å². The van der Waals surface area contributed by atoms with E-state index in [1.54, 1.807) is 0 Å². The first-order valence-electron chi connectivity index (χ1n) is 7.45. The molecule has 2 nitrogen and oxygen atoms in total.